The van der Waals surface area contributed by atoms with E-state index in [4.69, 9.17) is 4.74 Å². The maximum atomic E-state index is 5.00. The number of thiazole rings is 1. The Balaban J connectivity index is 1.95. The van der Waals surface area contributed by atoms with Crippen LogP contribution in [-0.4, -0.2) is 22.3 Å². The highest BCUT2D eigenvalue weighted by atomic mass is 79.9. The van der Waals surface area contributed by atoms with Gasteiger partial charge in [-0.2, -0.15) is 0 Å². The molecule has 20 heavy (non-hydrogen) atoms. The quantitative estimate of drug-likeness (QED) is 0.717. The number of halogens is 1. The van der Waals surface area contributed by atoms with Crippen LogP contribution >= 0.6 is 27.3 Å². The summed E-state index contributed by atoms with van der Waals surface area (Å²) in [5.41, 5.74) is 2.74. The summed E-state index contributed by atoms with van der Waals surface area (Å²) in [4.78, 5) is 4.61. The molecule has 0 saturated carbocycles. The van der Waals surface area contributed by atoms with E-state index in [0.29, 0.717) is 5.88 Å². The number of methoxy groups -OCH3 is 1. The number of nitrogens with zero attached hydrogens (tertiary/aromatic N) is 3. The van der Waals surface area contributed by atoms with Crippen LogP contribution in [0.15, 0.2) is 46.3 Å². The second kappa shape index (κ2) is 5.68. The smallest absolute Gasteiger partial charge is 0.233 e. The van der Waals surface area contributed by atoms with E-state index < -0.39 is 0 Å². The Morgan fingerprint density at radius 3 is 2.60 bits per heavy atom. The zero-order chi connectivity index (χ0) is 13.9. The molecule has 4 nitrogen and oxygen atoms in total. The van der Waals surface area contributed by atoms with Gasteiger partial charge in [-0.25, -0.2) is 4.98 Å². The van der Waals surface area contributed by atoms with E-state index in [1.807, 2.05) is 35.7 Å². The molecule has 3 aromatic rings. The SMILES string of the molecule is COc1ccc(-c2nc(-c3ccccc3Br)cs2)nn1. The number of hydrogen-bond acceptors (Lipinski definition) is 5. The van der Waals surface area contributed by atoms with Crippen molar-refractivity contribution in [2.75, 3.05) is 7.11 Å². The average molecular weight is 348 g/mol. The standard InChI is InChI=1S/C14H10BrN3OS/c1-19-13-7-6-11(17-18-13)14-16-12(8-20-14)9-4-2-3-5-10(9)15/h2-8H,1H3. The maximum absolute atomic E-state index is 5.00. The van der Waals surface area contributed by atoms with E-state index in [-0.39, 0.29) is 0 Å². The maximum Gasteiger partial charge on any atom is 0.233 e. The van der Waals surface area contributed by atoms with Gasteiger partial charge in [0, 0.05) is 21.5 Å². The van der Waals surface area contributed by atoms with Crippen molar-refractivity contribution in [2.24, 2.45) is 0 Å². The van der Waals surface area contributed by atoms with Gasteiger partial charge < -0.3 is 4.74 Å². The van der Waals surface area contributed by atoms with Crippen molar-refractivity contribution < 1.29 is 4.74 Å². The topological polar surface area (TPSA) is 47.9 Å². The van der Waals surface area contributed by atoms with Crippen LogP contribution in [0.1, 0.15) is 0 Å². The molecule has 0 N–H and O–H groups in total. The first-order valence-corrected chi connectivity index (χ1v) is 7.53. The minimum Gasteiger partial charge on any atom is -0.480 e. The molecule has 0 radical (unpaired) electrons. The van der Waals surface area contributed by atoms with Gasteiger partial charge in [0.1, 0.15) is 10.7 Å². The summed E-state index contributed by atoms with van der Waals surface area (Å²) in [5, 5.41) is 10.9. The minimum absolute atomic E-state index is 0.497. The number of aromatic nitrogens is 3. The molecule has 0 spiro atoms. The Hall–Kier alpha value is -1.79. The normalized spacial score (nSPS) is 10.5. The summed E-state index contributed by atoms with van der Waals surface area (Å²) in [5.74, 6) is 0.497. The Morgan fingerprint density at radius 1 is 1.05 bits per heavy atom. The summed E-state index contributed by atoms with van der Waals surface area (Å²) < 4.78 is 6.02. The summed E-state index contributed by atoms with van der Waals surface area (Å²) >= 11 is 5.08. The largest absolute Gasteiger partial charge is 0.480 e. The molecule has 0 saturated heterocycles. The fraction of sp³-hybridized carbons (Fsp3) is 0.0714. The molecular weight excluding hydrogens is 338 g/mol. The number of ether oxygens (including phenoxy) is 1. The molecule has 2 aromatic heterocycles. The lowest BCUT2D eigenvalue weighted by atomic mass is 10.2. The highest BCUT2D eigenvalue weighted by molar-refractivity contribution is 9.10. The fourth-order valence-corrected chi connectivity index (χ4v) is 3.00. The van der Waals surface area contributed by atoms with E-state index in [0.717, 1.165) is 26.4 Å². The summed E-state index contributed by atoms with van der Waals surface area (Å²) in [6.45, 7) is 0. The summed E-state index contributed by atoms with van der Waals surface area (Å²) in [6, 6.07) is 11.6. The monoisotopic (exact) mass is 347 g/mol. The van der Waals surface area contributed by atoms with Crippen LogP contribution in [0.5, 0.6) is 5.88 Å². The van der Waals surface area contributed by atoms with Crippen molar-refractivity contribution in [2.45, 2.75) is 0 Å². The van der Waals surface area contributed by atoms with Crippen LogP contribution in [0.2, 0.25) is 0 Å². The van der Waals surface area contributed by atoms with Crippen molar-refractivity contribution in [3.63, 3.8) is 0 Å². The number of hydrogen-bond donors (Lipinski definition) is 0. The predicted octanol–water partition coefficient (Wildman–Crippen LogP) is 4.04. The van der Waals surface area contributed by atoms with Gasteiger partial charge in [-0.1, -0.05) is 34.1 Å². The molecule has 2 heterocycles. The Kier molecular flexibility index (Phi) is 3.75. The van der Waals surface area contributed by atoms with Crippen LogP contribution in [0.25, 0.3) is 22.0 Å². The van der Waals surface area contributed by atoms with Crippen molar-refractivity contribution in [3.05, 3.63) is 46.3 Å². The lowest BCUT2D eigenvalue weighted by Crippen LogP contribution is -1.91. The molecule has 0 bridgehead atoms. The summed E-state index contributed by atoms with van der Waals surface area (Å²) in [6.07, 6.45) is 0. The molecule has 0 unspecified atom stereocenters. The third-order valence-corrected chi connectivity index (χ3v) is 4.28. The van der Waals surface area contributed by atoms with Crippen LogP contribution < -0.4 is 4.74 Å². The minimum atomic E-state index is 0.497. The first-order chi connectivity index (χ1) is 9.78. The first kappa shape index (κ1) is 13.2. The van der Waals surface area contributed by atoms with Gasteiger partial charge >= 0.3 is 0 Å². The Bertz CT molecular complexity index is 727. The van der Waals surface area contributed by atoms with Crippen molar-refractivity contribution >= 4 is 27.3 Å². The van der Waals surface area contributed by atoms with Gasteiger partial charge in [-0.3, -0.25) is 0 Å². The van der Waals surface area contributed by atoms with Gasteiger partial charge in [0.25, 0.3) is 0 Å². The van der Waals surface area contributed by atoms with Crippen LogP contribution in [-0.2, 0) is 0 Å². The first-order valence-electron chi connectivity index (χ1n) is 5.86. The highest BCUT2D eigenvalue weighted by Gasteiger charge is 2.10. The van der Waals surface area contributed by atoms with Crippen LogP contribution in [0.3, 0.4) is 0 Å². The molecule has 0 aliphatic heterocycles. The number of benzene rings is 1. The zero-order valence-corrected chi connectivity index (χ0v) is 13.0. The number of rotatable bonds is 3. The molecule has 0 aliphatic carbocycles. The molecule has 100 valence electrons. The molecule has 0 aliphatic rings. The third kappa shape index (κ3) is 2.57. The molecule has 0 atom stereocenters. The van der Waals surface area contributed by atoms with E-state index in [1.54, 1.807) is 24.5 Å². The van der Waals surface area contributed by atoms with Crippen LogP contribution in [0.4, 0.5) is 0 Å². The molecular formula is C14H10BrN3OS. The van der Waals surface area contributed by atoms with Crippen LogP contribution in [0, 0.1) is 0 Å². The highest BCUT2D eigenvalue weighted by Crippen LogP contribution is 2.31. The van der Waals surface area contributed by atoms with Crippen molar-refractivity contribution in [3.8, 4) is 27.8 Å². The van der Waals surface area contributed by atoms with Gasteiger partial charge in [0.2, 0.25) is 5.88 Å². The van der Waals surface area contributed by atoms with Crippen molar-refractivity contribution in [1.82, 2.24) is 15.2 Å². The second-order valence-electron chi connectivity index (χ2n) is 3.98. The molecule has 0 amide bonds. The lowest BCUT2D eigenvalue weighted by molar-refractivity contribution is 0.392. The van der Waals surface area contributed by atoms with Gasteiger partial charge in [0.15, 0.2) is 0 Å². The van der Waals surface area contributed by atoms with E-state index in [9.17, 15) is 0 Å². The zero-order valence-electron chi connectivity index (χ0n) is 10.6. The average Bonchev–Trinajstić information content (AvgIpc) is 2.97. The van der Waals surface area contributed by atoms with E-state index in [2.05, 4.69) is 31.1 Å². The van der Waals surface area contributed by atoms with Gasteiger partial charge in [-0.05, 0) is 12.1 Å². The van der Waals surface area contributed by atoms with E-state index in [1.165, 1.54) is 0 Å². The molecule has 0 fully saturated rings. The lowest BCUT2D eigenvalue weighted by Gasteiger charge is -2.00. The Labute approximate surface area is 128 Å². The van der Waals surface area contributed by atoms with Gasteiger partial charge in [-0.15, -0.1) is 21.5 Å². The fourth-order valence-electron chi connectivity index (χ4n) is 1.73. The van der Waals surface area contributed by atoms with Crippen molar-refractivity contribution in [1.29, 1.82) is 0 Å². The molecule has 6 heteroatoms. The second-order valence-corrected chi connectivity index (χ2v) is 5.69. The summed E-state index contributed by atoms with van der Waals surface area (Å²) in [7, 11) is 1.57. The van der Waals surface area contributed by atoms with E-state index >= 15 is 0 Å². The predicted molar refractivity (Wildman–Crippen MR) is 82.8 cm³/mol. The van der Waals surface area contributed by atoms with Gasteiger partial charge in [0.05, 0.1) is 12.8 Å². The third-order valence-electron chi connectivity index (χ3n) is 2.72. The molecule has 1 aromatic carbocycles. The Morgan fingerprint density at radius 2 is 1.90 bits per heavy atom. The molecule has 3 rings (SSSR count).